The highest BCUT2D eigenvalue weighted by Gasteiger charge is 2.32. The summed E-state index contributed by atoms with van der Waals surface area (Å²) >= 11 is 0. The molecule has 0 radical (unpaired) electrons. The number of carbonyl (C=O) groups is 2. The van der Waals surface area contributed by atoms with Crippen molar-refractivity contribution in [3.63, 3.8) is 0 Å². The predicted octanol–water partition coefficient (Wildman–Crippen LogP) is 1.73. The number of carbonyl (C=O) groups excluding carboxylic acids is 2. The van der Waals surface area contributed by atoms with Gasteiger partial charge >= 0.3 is 6.18 Å². The van der Waals surface area contributed by atoms with Gasteiger partial charge in [0.15, 0.2) is 6.61 Å². The smallest absolute Gasteiger partial charge is 0.422 e. The van der Waals surface area contributed by atoms with Gasteiger partial charge in [0.1, 0.15) is 6.04 Å². The molecule has 0 bridgehead atoms. The van der Waals surface area contributed by atoms with Crippen molar-refractivity contribution >= 4 is 17.8 Å². The van der Waals surface area contributed by atoms with Crippen LogP contribution in [0.1, 0.15) is 26.3 Å². The first-order chi connectivity index (χ1) is 14.4. The number of hydrogen-bond donors (Lipinski definition) is 2. The van der Waals surface area contributed by atoms with Crippen molar-refractivity contribution in [2.75, 3.05) is 13.7 Å². The van der Waals surface area contributed by atoms with E-state index in [1.54, 1.807) is 20.8 Å². The summed E-state index contributed by atoms with van der Waals surface area (Å²) in [5.41, 5.74) is 6.43. The number of nitrogens with zero attached hydrogens (tertiary/aromatic N) is 3. The number of aromatic nitrogens is 1. The molecule has 0 saturated carbocycles. The molecule has 9 nitrogen and oxygen atoms in total. The minimum Gasteiger partial charge on any atom is -0.481 e. The number of ether oxygens (including phenoxy) is 2. The lowest BCUT2D eigenvalue weighted by molar-refractivity contribution is -0.154. The Balaban J connectivity index is 2.34. The molecule has 1 aliphatic heterocycles. The summed E-state index contributed by atoms with van der Waals surface area (Å²) in [5.74, 6) is -1.51. The number of halogens is 3. The number of primary amides is 1. The molecule has 12 heteroatoms. The minimum absolute atomic E-state index is 0.0105. The quantitative estimate of drug-likeness (QED) is 0.663. The highest BCUT2D eigenvalue weighted by Crippen LogP contribution is 2.25. The third-order valence-electron chi connectivity index (χ3n) is 4.17. The van der Waals surface area contributed by atoms with E-state index in [1.807, 2.05) is 0 Å². The predicted molar refractivity (Wildman–Crippen MR) is 105 cm³/mol. The first-order valence-corrected chi connectivity index (χ1v) is 9.28. The van der Waals surface area contributed by atoms with Gasteiger partial charge in [0, 0.05) is 23.2 Å². The van der Waals surface area contributed by atoms with Crippen molar-refractivity contribution in [3.05, 3.63) is 29.5 Å². The van der Waals surface area contributed by atoms with Crippen molar-refractivity contribution < 1.29 is 32.2 Å². The summed E-state index contributed by atoms with van der Waals surface area (Å²) in [5, 5.41) is 2.67. The molecular formula is C19H24F3N5O4. The van der Waals surface area contributed by atoms with Crippen molar-refractivity contribution in [2.45, 2.75) is 39.5 Å². The Hall–Kier alpha value is -3.31. The van der Waals surface area contributed by atoms with Crippen molar-refractivity contribution in [3.8, 4) is 11.8 Å². The lowest BCUT2D eigenvalue weighted by Gasteiger charge is -2.34. The number of guanidine groups is 1. The second-order valence-electron chi connectivity index (χ2n) is 7.08. The zero-order valence-corrected chi connectivity index (χ0v) is 17.5. The Kier molecular flexibility index (Phi) is 7.47. The zero-order valence-electron chi connectivity index (χ0n) is 17.5. The molecule has 1 aromatic rings. The second kappa shape index (κ2) is 9.67. The van der Waals surface area contributed by atoms with Crippen LogP contribution in [0, 0.1) is 5.92 Å². The Labute approximate surface area is 177 Å². The van der Waals surface area contributed by atoms with Crippen LogP contribution >= 0.6 is 0 Å². The van der Waals surface area contributed by atoms with E-state index in [9.17, 15) is 22.8 Å². The zero-order chi connectivity index (χ0) is 23.3. The van der Waals surface area contributed by atoms with Gasteiger partial charge < -0.3 is 20.1 Å². The summed E-state index contributed by atoms with van der Waals surface area (Å²) in [6.45, 7) is 3.53. The van der Waals surface area contributed by atoms with Gasteiger partial charge in [-0.25, -0.2) is 4.99 Å². The molecule has 2 heterocycles. The summed E-state index contributed by atoms with van der Waals surface area (Å²) in [6.07, 6.45) is -2.98. The number of methoxy groups -OCH3 is 1. The number of alkyl halides is 3. The Bertz CT molecular complexity index is 899. The lowest BCUT2D eigenvalue weighted by atomic mass is 10.1. The van der Waals surface area contributed by atoms with Gasteiger partial charge in [0.25, 0.3) is 0 Å². The van der Waals surface area contributed by atoms with Crippen LogP contribution in [0.2, 0.25) is 0 Å². The second-order valence-corrected chi connectivity index (χ2v) is 7.08. The molecular weight excluding hydrogens is 419 g/mol. The van der Waals surface area contributed by atoms with E-state index < -0.39 is 24.7 Å². The minimum atomic E-state index is -4.51. The fourth-order valence-electron chi connectivity index (χ4n) is 2.65. The van der Waals surface area contributed by atoms with E-state index in [1.165, 1.54) is 30.2 Å². The summed E-state index contributed by atoms with van der Waals surface area (Å²) in [6, 6.07) is 1.77. The molecule has 0 aliphatic carbocycles. The molecule has 1 unspecified atom stereocenters. The fourth-order valence-corrected chi connectivity index (χ4v) is 2.65. The maximum Gasteiger partial charge on any atom is 0.422 e. The van der Waals surface area contributed by atoms with E-state index >= 15 is 0 Å². The average Bonchev–Trinajstić information content (AvgIpc) is 2.67. The van der Waals surface area contributed by atoms with Crippen LogP contribution in [0.25, 0.3) is 0 Å². The van der Waals surface area contributed by atoms with E-state index in [-0.39, 0.29) is 36.1 Å². The monoisotopic (exact) mass is 443 g/mol. The van der Waals surface area contributed by atoms with Gasteiger partial charge in [-0.15, -0.1) is 0 Å². The summed E-state index contributed by atoms with van der Waals surface area (Å²) in [4.78, 5) is 33.9. The highest BCUT2D eigenvalue weighted by atomic mass is 19.4. The Morgan fingerprint density at radius 1 is 1.32 bits per heavy atom. The van der Waals surface area contributed by atoms with Crippen LogP contribution in [0.5, 0.6) is 11.8 Å². The molecule has 2 rings (SSSR count). The van der Waals surface area contributed by atoms with Gasteiger partial charge in [0.2, 0.25) is 29.5 Å². The number of allylic oxidation sites excluding steroid dienone is 1. The number of rotatable bonds is 7. The number of amides is 2. The van der Waals surface area contributed by atoms with E-state index in [0.29, 0.717) is 11.3 Å². The van der Waals surface area contributed by atoms with Crippen molar-refractivity contribution in [1.82, 2.24) is 15.2 Å². The largest absolute Gasteiger partial charge is 0.481 e. The van der Waals surface area contributed by atoms with E-state index in [0.717, 1.165) is 0 Å². The van der Waals surface area contributed by atoms with E-state index in [2.05, 4.69) is 20.0 Å². The number of nitrogens with one attached hydrogen (secondary N) is 1. The number of aliphatic imine (C=N–C) groups is 1. The molecule has 31 heavy (non-hydrogen) atoms. The SMILES string of the molecule is COc1nc(OCC(F)(F)F)ccc1CN1C(NC(=O)C(C)C)=NC(C)=CC1C(N)=O. The topological polar surface area (TPSA) is 119 Å². The molecule has 2 amide bonds. The van der Waals surface area contributed by atoms with Crippen molar-refractivity contribution in [2.24, 2.45) is 16.6 Å². The average molecular weight is 443 g/mol. The normalized spacial score (nSPS) is 16.5. The van der Waals surface area contributed by atoms with Crippen LogP contribution in [0.3, 0.4) is 0 Å². The molecule has 3 N–H and O–H groups in total. The summed E-state index contributed by atoms with van der Waals surface area (Å²) < 4.78 is 46.9. The molecule has 0 fully saturated rings. The first-order valence-electron chi connectivity index (χ1n) is 9.28. The highest BCUT2D eigenvalue weighted by molar-refractivity contribution is 6.01. The van der Waals surface area contributed by atoms with Gasteiger partial charge in [-0.1, -0.05) is 13.8 Å². The third kappa shape index (κ3) is 6.59. The lowest BCUT2D eigenvalue weighted by Crippen LogP contribution is -2.54. The first kappa shape index (κ1) is 24.0. The number of hydrogen-bond acceptors (Lipinski definition) is 7. The Morgan fingerprint density at radius 3 is 2.55 bits per heavy atom. The Morgan fingerprint density at radius 2 is 2.00 bits per heavy atom. The van der Waals surface area contributed by atoms with Gasteiger partial charge in [0.05, 0.1) is 13.7 Å². The molecule has 0 aromatic carbocycles. The van der Waals surface area contributed by atoms with Crippen LogP contribution < -0.4 is 20.5 Å². The number of nitrogens with two attached hydrogens (primary N) is 1. The molecule has 170 valence electrons. The standard InChI is InChI=1S/C19H24F3N5O4/c1-10(2)16(29)26-18-24-11(3)7-13(15(23)28)27(18)8-12-5-6-14(25-17(12)30-4)31-9-19(20,21)22/h5-7,10,13H,8-9H2,1-4H3,(H2,23,28)(H,24,26,29). The summed E-state index contributed by atoms with van der Waals surface area (Å²) in [7, 11) is 1.29. The van der Waals surface area contributed by atoms with Gasteiger partial charge in [-0.05, 0) is 19.1 Å². The van der Waals surface area contributed by atoms with Crippen LogP contribution in [0.15, 0.2) is 28.9 Å². The molecule has 0 spiro atoms. The van der Waals surface area contributed by atoms with Crippen molar-refractivity contribution in [1.29, 1.82) is 0 Å². The van der Waals surface area contributed by atoms with Gasteiger partial charge in [-0.3, -0.25) is 14.9 Å². The third-order valence-corrected chi connectivity index (χ3v) is 4.17. The molecule has 0 saturated heterocycles. The van der Waals surface area contributed by atoms with Crippen LogP contribution in [-0.4, -0.2) is 53.6 Å². The fraction of sp³-hybridized carbons (Fsp3) is 0.474. The maximum absolute atomic E-state index is 12.4. The molecule has 1 aliphatic rings. The molecule has 1 aromatic heterocycles. The van der Waals surface area contributed by atoms with Crippen LogP contribution in [-0.2, 0) is 16.1 Å². The van der Waals surface area contributed by atoms with Gasteiger partial charge in [-0.2, -0.15) is 18.2 Å². The van der Waals surface area contributed by atoms with Crippen LogP contribution in [0.4, 0.5) is 13.2 Å². The number of pyridine rings is 1. The maximum atomic E-state index is 12.4. The molecule has 1 atom stereocenters. The van der Waals surface area contributed by atoms with E-state index in [4.69, 9.17) is 10.5 Å².